The number of hydrogen-bond donors (Lipinski definition) is 1. The molecule has 0 aliphatic carbocycles. The lowest BCUT2D eigenvalue weighted by molar-refractivity contribution is -0.116. The SMILES string of the molecule is O=C1CSC(c2ccc(O)cc2)N1c1nnc(Cn2cnnc2)o1. The van der Waals surface area contributed by atoms with E-state index in [1.807, 2.05) is 0 Å². The first kappa shape index (κ1) is 14.7. The van der Waals surface area contributed by atoms with Gasteiger partial charge in [0, 0.05) is 0 Å². The summed E-state index contributed by atoms with van der Waals surface area (Å²) < 4.78 is 7.32. The van der Waals surface area contributed by atoms with Gasteiger partial charge >= 0.3 is 6.01 Å². The van der Waals surface area contributed by atoms with Crippen LogP contribution in [0.1, 0.15) is 16.8 Å². The molecule has 0 radical (unpaired) electrons. The van der Waals surface area contributed by atoms with Crippen molar-refractivity contribution in [1.29, 1.82) is 0 Å². The van der Waals surface area contributed by atoms with Crippen molar-refractivity contribution in [3.8, 4) is 5.75 Å². The van der Waals surface area contributed by atoms with Crippen molar-refractivity contribution in [1.82, 2.24) is 25.0 Å². The van der Waals surface area contributed by atoms with Gasteiger partial charge in [-0.25, -0.2) is 4.90 Å². The van der Waals surface area contributed by atoms with Gasteiger partial charge in [0.05, 0.1) is 5.75 Å². The fourth-order valence-electron chi connectivity index (χ4n) is 2.38. The highest BCUT2D eigenvalue weighted by atomic mass is 32.2. The van der Waals surface area contributed by atoms with E-state index in [2.05, 4.69) is 20.4 Å². The van der Waals surface area contributed by atoms with Gasteiger partial charge in [-0.15, -0.1) is 27.1 Å². The molecule has 1 aliphatic heterocycles. The second-order valence-corrected chi connectivity index (χ2v) is 6.20. The molecule has 1 fully saturated rings. The Morgan fingerprint density at radius 2 is 1.96 bits per heavy atom. The van der Waals surface area contributed by atoms with Crippen LogP contribution in [-0.2, 0) is 11.3 Å². The number of hydrogen-bond acceptors (Lipinski definition) is 8. The number of anilines is 1. The number of aromatic hydroxyl groups is 1. The van der Waals surface area contributed by atoms with Crippen molar-refractivity contribution >= 4 is 23.7 Å². The molecule has 3 heterocycles. The molecule has 4 rings (SSSR count). The molecule has 0 saturated carbocycles. The lowest BCUT2D eigenvalue weighted by Gasteiger charge is -2.19. The highest BCUT2D eigenvalue weighted by Gasteiger charge is 2.37. The topological polar surface area (TPSA) is 110 Å². The van der Waals surface area contributed by atoms with Crippen molar-refractivity contribution in [2.75, 3.05) is 10.7 Å². The molecule has 1 atom stereocenters. The van der Waals surface area contributed by atoms with Gasteiger partial charge in [0.15, 0.2) is 0 Å². The third-order valence-corrected chi connectivity index (χ3v) is 4.71. The van der Waals surface area contributed by atoms with Crippen LogP contribution < -0.4 is 4.90 Å². The largest absolute Gasteiger partial charge is 0.508 e. The van der Waals surface area contributed by atoms with Crippen LogP contribution in [0.4, 0.5) is 6.01 Å². The molecule has 1 N–H and O–H groups in total. The second kappa shape index (κ2) is 5.96. The van der Waals surface area contributed by atoms with E-state index in [-0.39, 0.29) is 23.0 Å². The Kier molecular flexibility index (Phi) is 3.65. The van der Waals surface area contributed by atoms with Gasteiger partial charge < -0.3 is 14.1 Å². The van der Waals surface area contributed by atoms with E-state index in [4.69, 9.17) is 4.42 Å². The number of carbonyl (C=O) groups is 1. The van der Waals surface area contributed by atoms with Crippen molar-refractivity contribution in [2.24, 2.45) is 0 Å². The van der Waals surface area contributed by atoms with Crippen LogP contribution in [0.2, 0.25) is 0 Å². The number of phenolic OH excluding ortho intramolecular Hbond substituents is 1. The van der Waals surface area contributed by atoms with Crippen LogP contribution >= 0.6 is 11.8 Å². The average molecular weight is 344 g/mol. The number of aromatic nitrogens is 5. The Hall–Kier alpha value is -2.88. The van der Waals surface area contributed by atoms with Crippen LogP contribution in [0, 0.1) is 0 Å². The maximum atomic E-state index is 12.3. The molecule has 1 unspecified atom stereocenters. The monoisotopic (exact) mass is 344 g/mol. The molecule has 1 saturated heterocycles. The number of phenols is 1. The fourth-order valence-corrected chi connectivity index (χ4v) is 3.53. The summed E-state index contributed by atoms with van der Waals surface area (Å²) in [6, 6.07) is 6.87. The first-order chi connectivity index (χ1) is 11.7. The van der Waals surface area contributed by atoms with Crippen LogP contribution in [0.25, 0.3) is 0 Å². The lowest BCUT2D eigenvalue weighted by Crippen LogP contribution is -2.28. The summed E-state index contributed by atoms with van der Waals surface area (Å²) in [4.78, 5) is 13.7. The van der Waals surface area contributed by atoms with Gasteiger partial charge in [0.2, 0.25) is 11.8 Å². The maximum absolute atomic E-state index is 12.3. The summed E-state index contributed by atoms with van der Waals surface area (Å²) in [5.74, 6) is 0.763. The summed E-state index contributed by atoms with van der Waals surface area (Å²) in [5, 5.41) is 24.5. The van der Waals surface area contributed by atoms with Gasteiger partial charge in [0.25, 0.3) is 0 Å². The molecule has 2 aromatic heterocycles. The number of amides is 1. The second-order valence-electron chi connectivity index (χ2n) is 5.13. The van der Waals surface area contributed by atoms with Crippen LogP contribution in [0.5, 0.6) is 5.75 Å². The van der Waals surface area contributed by atoms with Crippen molar-refractivity contribution < 1.29 is 14.3 Å². The Morgan fingerprint density at radius 3 is 2.71 bits per heavy atom. The number of nitrogens with zero attached hydrogens (tertiary/aromatic N) is 6. The Balaban J connectivity index is 1.60. The van der Waals surface area contributed by atoms with Gasteiger partial charge in [-0.1, -0.05) is 17.2 Å². The highest BCUT2D eigenvalue weighted by molar-refractivity contribution is 8.00. The highest BCUT2D eigenvalue weighted by Crippen LogP contribution is 2.41. The van der Waals surface area contributed by atoms with Crippen molar-refractivity contribution in [3.63, 3.8) is 0 Å². The van der Waals surface area contributed by atoms with E-state index >= 15 is 0 Å². The predicted octanol–water partition coefficient (Wildman–Crippen LogP) is 1.19. The average Bonchev–Trinajstić information content (AvgIpc) is 3.30. The normalized spacial score (nSPS) is 17.6. The lowest BCUT2D eigenvalue weighted by atomic mass is 10.2. The quantitative estimate of drug-likeness (QED) is 0.751. The standard InChI is InChI=1S/C14H12N6O3S/c21-10-3-1-9(2-4-10)13-20(12(22)6-24-13)14-18-17-11(23-14)5-19-7-15-16-8-19/h1-4,7-8,13,21H,5-6H2. The zero-order valence-corrected chi connectivity index (χ0v) is 13.1. The minimum absolute atomic E-state index is 0.0995. The molecule has 10 heteroatoms. The molecule has 1 aliphatic rings. The molecule has 122 valence electrons. The molecule has 1 aromatic carbocycles. The maximum Gasteiger partial charge on any atom is 0.326 e. The van der Waals surface area contributed by atoms with E-state index < -0.39 is 0 Å². The minimum Gasteiger partial charge on any atom is -0.508 e. The molecule has 9 nitrogen and oxygen atoms in total. The van der Waals surface area contributed by atoms with Crippen molar-refractivity contribution in [3.05, 3.63) is 48.4 Å². The third kappa shape index (κ3) is 2.71. The zero-order chi connectivity index (χ0) is 16.5. The molecular formula is C14H12N6O3S. The molecule has 0 bridgehead atoms. The fraction of sp³-hybridized carbons (Fsp3) is 0.214. The summed E-state index contributed by atoms with van der Waals surface area (Å²) in [5.41, 5.74) is 0.877. The summed E-state index contributed by atoms with van der Waals surface area (Å²) >= 11 is 1.47. The first-order valence-corrected chi connectivity index (χ1v) is 8.13. The molecule has 3 aromatic rings. The van der Waals surface area contributed by atoms with Gasteiger partial charge in [-0.3, -0.25) is 4.79 Å². The summed E-state index contributed by atoms with van der Waals surface area (Å²) in [6.45, 7) is 0.332. The number of carbonyl (C=O) groups excluding carboxylic acids is 1. The predicted molar refractivity (Wildman–Crippen MR) is 84.2 cm³/mol. The van der Waals surface area contributed by atoms with E-state index in [9.17, 15) is 9.90 Å². The summed E-state index contributed by atoms with van der Waals surface area (Å²) in [6.07, 6.45) is 3.08. The summed E-state index contributed by atoms with van der Waals surface area (Å²) in [7, 11) is 0. The van der Waals surface area contributed by atoms with Crippen LogP contribution in [-0.4, -0.2) is 41.7 Å². The van der Waals surface area contributed by atoms with E-state index in [1.54, 1.807) is 41.5 Å². The smallest absolute Gasteiger partial charge is 0.326 e. The first-order valence-electron chi connectivity index (χ1n) is 7.08. The number of benzene rings is 1. The van der Waals surface area contributed by atoms with Gasteiger partial charge in [-0.05, 0) is 17.7 Å². The Bertz CT molecular complexity index is 848. The van der Waals surface area contributed by atoms with E-state index in [1.165, 1.54) is 16.7 Å². The van der Waals surface area contributed by atoms with Gasteiger partial charge in [-0.2, -0.15) is 0 Å². The molecule has 0 spiro atoms. The van der Waals surface area contributed by atoms with Gasteiger partial charge in [0.1, 0.15) is 30.3 Å². The number of thioether (sulfide) groups is 1. The molecule has 24 heavy (non-hydrogen) atoms. The van der Waals surface area contributed by atoms with Crippen LogP contribution in [0.3, 0.4) is 0 Å². The van der Waals surface area contributed by atoms with Crippen LogP contribution in [0.15, 0.2) is 41.3 Å². The minimum atomic E-state index is -0.263. The zero-order valence-electron chi connectivity index (χ0n) is 12.3. The molecular weight excluding hydrogens is 332 g/mol. The Morgan fingerprint density at radius 1 is 1.21 bits per heavy atom. The number of rotatable bonds is 4. The third-order valence-electron chi connectivity index (χ3n) is 3.49. The van der Waals surface area contributed by atoms with Crippen molar-refractivity contribution in [2.45, 2.75) is 11.9 Å². The van der Waals surface area contributed by atoms with E-state index in [0.29, 0.717) is 18.2 Å². The van der Waals surface area contributed by atoms with E-state index in [0.717, 1.165) is 5.56 Å². The Labute approximate surface area is 140 Å². The molecule has 1 amide bonds.